The molecule has 0 bridgehead atoms. The van der Waals surface area contributed by atoms with Gasteiger partial charge in [-0.3, -0.25) is 9.59 Å². The number of nitrogens with one attached hydrogen (secondary N) is 1. The van der Waals surface area contributed by atoms with Crippen LogP contribution in [-0.2, 0) is 4.79 Å². The SMILES string of the molecule is C=CC(=O)N1CCCN(C(=O)c2cc(Sc3cnc(NC)s3)c(C)cc2C)CC1CC. The minimum atomic E-state index is -0.0585. The lowest BCUT2D eigenvalue weighted by atomic mass is 10.0. The Morgan fingerprint density at radius 2 is 2.10 bits per heavy atom. The van der Waals surface area contributed by atoms with Crippen molar-refractivity contribution in [3.05, 3.63) is 47.7 Å². The summed E-state index contributed by atoms with van der Waals surface area (Å²) in [6, 6.07) is 4.10. The maximum atomic E-state index is 13.5. The molecule has 6 nitrogen and oxygen atoms in total. The van der Waals surface area contributed by atoms with Gasteiger partial charge in [0.05, 0.1) is 10.4 Å². The van der Waals surface area contributed by atoms with Crippen molar-refractivity contribution < 1.29 is 9.59 Å². The lowest BCUT2D eigenvalue weighted by Gasteiger charge is -2.30. The molecule has 1 atom stereocenters. The largest absolute Gasteiger partial charge is 0.365 e. The van der Waals surface area contributed by atoms with Gasteiger partial charge in [0, 0.05) is 43.2 Å². The van der Waals surface area contributed by atoms with Gasteiger partial charge >= 0.3 is 0 Å². The second-order valence-corrected chi connectivity index (χ2v) is 10.0. The van der Waals surface area contributed by atoms with E-state index in [4.69, 9.17) is 0 Å². The number of anilines is 1. The smallest absolute Gasteiger partial charge is 0.254 e. The molecule has 1 aliphatic rings. The molecule has 1 unspecified atom stereocenters. The molecule has 1 N–H and O–H groups in total. The zero-order valence-electron chi connectivity index (χ0n) is 18.6. The van der Waals surface area contributed by atoms with Crippen LogP contribution in [0.25, 0.3) is 0 Å². The molecule has 166 valence electrons. The Kier molecular flexibility index (Phi) is 7.78. The van der Waals surface area contributed by atoms with Crippen LogP contribution < -0.4 is 5.32 Å². The highest BCUT2D eigenvalue weighted by Crippen LogP contribution is 2.37. The summed E-state index contributed by atoms with van der Waals surface area (Å²) in [7, 11) is 1.86. The van der Waals surface area contributed by atoms with E-state index in [-0.39, 0.29) is 17.9 Å². The summed E-state index contributed by atoms with van der Waals surface area (Å²) in [5.41, 5.74) is 2.84. The van der Waals surface area contributed by atoms with Gasteiger partial charge in [0.15, 0.2) is 5.13 Å². The van der Waals surface area contributed by atoms with Crippen LogP contribution in [0.4, 0.5) is 5.13 Å². The molecule has 0 saturated carbocycles. The zero-order chi connectivity index (χ0) is 22.5. The fourth-order valence-electron chi connectivity index (χ4n) is 3.87. The Morgan fingerprint density at radius 1 is 1.32 bits per heavy atom. The van der Waals surface area contributed by atoms with E-state index in [1.54, 1.807) is 23.1 Å². The maximum Gasteiger partial charge on any atom is 0.254 e. The third kappa shape index (κ3) is 5.30. The molecular weight excluding hydrogens is 428 g/mol. The minimum Gasteiger partial charge on any atom is -0.365 e. The Labute approximate surface area is 192 Å². The van der Waals surface area contributed by atoms with E-state index >= 15 is 0 Å². The number of aromatic nitrogens is 1. The first-order chi connectivity index (χ1) is 14.9. The fraction of sp³-hybridized carbons (Fsp3) is 0.435. The van der Waals surface area contributed by atoms with Crippen molar-refractivity contribution in [1.29, 1.82) is 0 Å². The molecule has 2 aromatic rings. The van der Waals surface area contributed by atoms with Crippen molar-refractivity contribution >= 4 is 40.0 Å². The zero-order valence-corrected chi connectivity index (χ0v) is 20.2. The van der Waals surface area contributed by atoms with Crippen LogP contribution in [0.15, 0.2) is 40.1 Å². The molecule has 2 amide bonds. The highest BCUT2D eigenvalue weighted by molar-refractivity contribution is 8.01. The molecule has 1 aliphatic heterocycles. The van der Waals surface area contributed by atoms with E-state index in [0.717, 1.165) is 43.8 Å². The van der Waals surface area contributed by atoms with Crippen molar-refractivity contribution in [3.63, 3.8) is 0 Å². The average molecular weight is 459 g/mol. The van der Waals surface area contributed by atoms with E-state index in [1.807, 2.05) is 36.0 Å². The van der Waals surface area contributed by atoms with Crippen molar-refractivity contribution in [2.45, 2.75) is 48.8 Å². The van der Waals surface area contributed by atoms with Crippen LogP contribution in [0.3, 0.4) is 0 Å². The standard InChI is InChI=1S/C23H30N4O2S2/c1-6-17-14-26(9-8-10-27(17)20(28)7-2)22(29)18-12-19(16(4)11-15(18)3)30-21-13-25-23(24-5)31-21/h7,11-13,17H,2,6,8-10,14H2,1,3-5H3,(H,24,25). The fourth-order valence-corrected chi connectivity index (χ4v) is 5.77. The molecule has 1 aromatic carbocycles. The lowest BCUT2D eigenvalue weighted by Crippen LogP contribution is -2.44. The molecule has 0 aliphatic carbocycles. The van der Waals surface area contributed by atoms with E-state index in [0.29, 0.717) is 19.6 Å². The summed E-state index contributed by atoms with van der Waals surface area (Å²) in [5, 5.41) is 3.93. The van der Waals surface area contributed by atoms with Crippen LogP contribution in [-0.4, -0.2) is 59.3 Å². The maximum absolute atomic E-state index is 13.5. The first-order valence-corrected chi connectivity index (χ1v) is 12.2. The Hall–Kier alpha value is -2.32. The molecule has 2 heterocycles. The number of nitrogens with zero attached hydrogens (tertiary/aromatic N) is 3. The average Bonchev–Trinajstić information content (AvgIpc) is 3.11. The van der Waals surface area contributed by atoms with Gasteiger partial charge < -0.3 is 15.1 Å². The predicted octanol–water partition coefficient (Wildman–Crippen LogP) is 4.59. The molecule has 1 fully saturated rings. The van der Waals surface area contributed by atoms with Crippen LogP contribution in [0, 0.1) is 13.8 Å². The van der Waals surface area contributed by atoms with Crippen LogP contribution in [0.1, 0.15) is 41.3 Å². The summed E-state index contributed by atoms with van der Waals surface area (Å²) in [5.74, 6) is -0.0252. The number of hydrogen-bond donors (Lipinski definition) is 1. The van der Waals surface area contributed by atoms with Gasteiger partial charge in [0.2, 0.25) is 5.91 Å². The Bertz CT molecular complexity index is 972. The molecule has 1 saturated heterocycles. The van der Waals surface area contributed by atoms with Gasteiger partial charge in [-0.1, -0.05) is 42.7 Å². The van der Waals surface area contributed by atoms with Gasteiger partial charge in [-0.15, -0.1) is 0 Å². The molecule has 31 heavy (non-hydrogen) atoms. The number of carbonyl (C=O) groups excluding carboxylic acids is 2. The molecule has 0 radical (unpaired) electrons. The second-order valence-electron chi connectivity index (χ2n) is 7.67. The molecule has 1 aromatic heterocycles. The number of thiazole rings is 1. The van der Waals surface area contributed by atoms with E-state index < -0.39 is 0 Å². The quantitative estimate of drug-likeness (QED) is 0.641. The Balaban J connectivity index is 1.84. The third-order valence-electron chi connectivity index (χ3n) is 5.58. The lowest BCUT2D eigenvalue weighted by molar-refractivity contribution is -0.128. The van der Waals surface area contributed by atoms with Crippen LogP contribution in [0.2, 0.25) is 0 Å². The number of benzene rings is 1. The van der Waals surface area contributed by atoms with E-state index in [1.165, 1.54) is 6.08 Å². The summed E-state index contributed by atoms with van der Waals surface area (Å²) in [6.45, 7) is 11.6. The predicted molar refractivity (Wildman–Crippen MR) is 128 cm³/mol. The number of rotatable bonds is 6. The first-order valence-electron chi connectivity index (χ1n) is 10.5. The topological polar surface area (TPSA) is 65.5 Å². The second kappa shape index (κ2) is 10.3. The number of carbonyl (C=O) groups is 2. The van der Waals surface area contributed by atoms with Crippen LogP contribution in [0.5, 0.6) is 0 Å². The molecule has 3 rings (SSSR count). The minimum absolute atomic E-state index is 0.00806. The first kappa shape index (κ1) is 23.3. The summed E-state index contributed by atoms with van der Waals surface area (Å²) >= 11 is 3.23. The Morgan fingerprint density at radius 3 is 2.74 bits per heavy atom. The van der Waals surface area contributed by atoms with Crippen molar-refractivity contribution in [3.8, 4) is 0 Å². The highest BCUT2D eigenvalue weighted by Gasteiger charge is 2.29. The molecule has 0 spiro atoms. The monoisotopic (exact) mass is 458 g/mol. The summed E-state index contributed by atoms with van der Waals surface area (Å²) < 4.78 is 1.08. The van der Waals surface area contributed by atoms with Crippen LogP contribution >= 0.6 is 23.1 Å². The highest BCUT2D eigenvalue weighted by atomic mass is 32.2. The molecule has 8 heteroatoms. The third-order valence-corrected chi connectivity index (χ3v) is 7.85. The van der Waals surface area contributed by atoms with Gasteiger partial charge in [-0.2, -0.15) is 0 Å². The van der Waals surface area contributed by atoms with E-state index in [2.05, 4.69) is 36.8 Å². The van der Waals surface area contributed by atoms with Gasteiger partial charge in [-0.25, -0.2) is 4.98 Å². The summed E-state index contributed by atoms with van der Waals surface area (Å²) in [6.07, 6.45) is 4.79. The number of amides is 2. The van der Waals surface area contributed by atoms with E-state index in [9.17, 15) is 9.59 Å². The molecular formula is C23H30N4O2S2. The number of aryl methyl sites for hydroxylation is 2. The normalized spacial score (nSPS) is 16.7. The van der Waals surface area contributed by atoms with Crippen molar-refractivity contribution in [2.24, 2.45) is 0 Å². The summed E-state index contributed by atoms with van der Waals surface area (Å²) in [4.78, 5) is 34.9. The van der Waals surface area contributed by atoms with Gasteiger partial charge in [-0.05, 0) is 50.0 Å². The van der Waals surface area contributed by atoms with Crippen molar-refractivity contribution in [1.82, 2.24) is 14.8 Å². The van der Waals surface area contributed by atoms with Gasteiger partial charge in [0.1, 0.15) is 0 Å². The number of hydrogen-bond acceptors (Lipinski definition) is 6. The van der Waals surface area contributed by atoms with Crippen molar-refractivity contribution in [2.75, 3.05) is 32.0 Å². The van der Waals surface area contributed by atoms with Gasteiger partial charge in [0.25, 0.3) is 5.91 Å².